The van der Waals surface area contributed by atoms with E-state index in [4.69, 9.17) is 27.9 Å². The van der Waals surface area contributed by atoms with Crippen molar-refractivity contribution >= 4 is 40.6 Å². The molecule has 2 unspecified atom stereocenters. The van der Waals surface area contributed by atoms with Crippen LogP contribution in [0.5, 0.6) is 5.75 Å². The molecule has 3 aromatic rings. The van der Waals surface area contributed by atoms with E-state index in [1.54, 1.807) is 35.1 Å². The summed E-state index contributed by atoms with van der Waals surface area (Å²) in [6.45, 7) is 2.86. The van der Waals surface area contributed by atoms with Crippen LogP contribution in [-0.4, -0.2) is 45.5 Å². The van der Waals surface area contributed by atoms with Crippen molar-refractivity contribution in [3.8, 4) is 5.75 Å². The Morgan fingerprint density at radius 3 is 2.71 bits per heavy atom. The molecule has 5 rings (SSSR count). The second-order valence-corrected chi connectivity index (χ2v) is 9.39. The summed E-state index contributed by atoms with van der Waals surface area (Å²) in [6.07, 6.45) is 3.40. The number of halogens is 3. The molecule has 176 valence electrons. The SMILES string of the molecule is CC1=Nc2ccnn2C(c2ccc(Cl)c(Cl)c2)C1C(=O)N1CCC[C@@H]1COc1ccc(F)cc1. The summed E-state index contributed by atoms with van der Waals surface area (Å²) in [7, 11) is 0. The number of amides is 1. The van der Waals surface area contributed by atoms with Gasteiger partial charge >= 0.3 is 0 Å². The van der Waals surface area contributed by atoms with Gasteiger partial charge in [0.1, 0.15) is 24.1 Å². The van der Waals surface area contributed by atoms with Gasteiger partial charge in [-0.25, -0.2) is 14.1 Å². The molecule has 0 spiro atoms. The van der Waals surface area contributed by atoms with Crippen LogP contribution in [0.25, 0.3) is 0 Å². The lowest BCUT2D eigenvalue weighted by atomic mass is 9.87. The minimum atomic E-state index is -0.545. The molecule has 0 aliphatic carbocycles. The third-order valence-corrected chi connectivity index (χ3v) is 7.18. The van der Waals surface area contributed by atoms with Gasteiger partial charge in [0, 0.05) is 18.3 Å². The fraction of sp³-hybridized carbons (Fsp3) is 0.320. The standard InChI is InChI=1S/C25H23Cl2FN4O2/c1-15-23(24(32-22(30-15)10-11-29-32)16-4-9-20(26)21(27)13-16)25(33)31-12-2-3-18(31)14-34-19-7-5-17(28)6-8-19/h4-11,13,18,23-24H,2-3,12,14H2,1H3/t18-,23?,24?/m1/s1. The Hall–Kier alpha value is -2.90. The van der Waals surface area contributed by atoms with Crippen LogP contribution in [-0.2, 0) is 4.79 Å². The lowest BCUT2D eigenvalue weighted by Gasteiger charge is -2.35. The van der Waals surface area contributed by atoms with Gasteiger partial charge in [0.2, 0.25) is 5.91 Å². The monoisotopic (exact) mass is 500 g/mol. The van der Waals surface area contributed by atoms with Crippen LogP contribution < -0.4 is 4.74 Å². The van der Waals surface area contributed by atoms with Gasteiger partial charge in [0.25, 0.3) is 0 Å². The molecule has 0 bridgehead atoms. The van der Waals surface area contributed by atoms with E-state index in [2.05, 4.69) is 10.1 Å². The predicted octanol–water partition coefficient (Wildman–Crippen LogP) is 5.71. The molecular formula is C25H23Cl2FN4O2. The summed E-state index contributed by atoms with van der Waals surface area (Å²) in [4.78, 5) is 20.5. The zero-order chi connectivity index (χ0) is 23.8. The van der Waals surface area contributed by atoms with Crippen LogP contribution in [0.1, 0.15) is 31.4 Å². The third-order valence-electron chi connectivity index (χ3n) is 6.44. The lowest BCUT2D eigenvalue weighted by molar-refractivity contribution is -0.135. The van der Waals surface area contributed by atoms with E-state index in [0.717, 1.165) is 24.1 Å². The maximum atomic E-state index is 14.0. The minimum absolute atomic E-state index is 0.0244. The van der Waals surface area contributed by atoms with Crippen molar-refractivity contribution in [2.75, 3.05) is 13.2 Å². The summed E-state index contributed by atoms with van der Waals surface area (Å²) >= 11 is 12.5. The van der Waals surface area contributed by atoms with E-state index in [1.807, 2.05) is 24.0 Å². The molecule has 2 aromatic carbocycles. The van der Waals surface area contributed by atoms with E-state index in [1.165, 1.54) is 12.1 Å². The third kappa shape index (κ3) is 4.30. The van der Waals surface area contributed by atoms with Gasteiger partial charge in [-0.3, -0.25) is 4.79 Å². The quantitative estimate of drug-likeness (QED) is 0.450. The molecule has 1 amide bonds. The van der Waals surface area contributed by atoms with Gasteiger partial charge in [-0.1, -0.05) is 29.3 Å². The predicted molar refractivity (Wildman–Crippen MR) is 130 cm³/mol. The average molecular weight is 501 g/mol. The Bertz CT molecular complexity index is 1240. The molecule has 6 nitrogen and oxygen atoms in total. The molecule has 0 N–H and O–H groups in total. The lowest BCUT2D eigenvalue weighted by Crippen LogP contribution is -2.47. The Labute approximate surface area is 206 Å². The number of rotatable bonds is 5. The summed E-state index contributed by atoms with van der Waals surface area (Å²) in [6, 6.07) is 12.6. The Morgan fingerprint density at radius 1 is 1.15 bits per heavy atom. The van der Waals surface area contributed by atoms with E-state index >= 15 is 0 Å². The van der Waals surface area contributed by atoms with Crippen molar-refractivity contribution in [1.82, 2.24) is 14.7 Å². The van der Waals surface area contributed by atoms with Crippen LogP contribution in [0.3, 0.4) is 0 Å². The van der Waals surface area contributed by atoms with Gasteiger partial charge in [-0.15, -0.1) is 0 Å². The molecular weight excluding hydrogens is 478 g/mol. The molecule has 34 heavy (non-hydrogen) atoms. The molecule has 1 fully saturated rings. The van der Waals surface area contributed by atoms with Gasteiger partial charge < -0.3 is 9.64 Å². The number of fused-ring (bicyclic) bond motifs is 1. The maximum absolute atomic E-state index is 14.0. The normalized spacial score (nSPS) is 21.8. The Kier molecular flexibility index (Phi) is 6.32. The first-order chi connectivity index (χ1) is 16.4. The van der Waals surface area contributed by atoms with Crippen LogP contribution in [0, 0.1) is 11.7 Å². The zero-order valence-corrected chi connectivity index (χ0v) is 20.0. The van der Waals surface area contributed by atoms with Crippen LogP contribution >= 0.6 is 23.2 Å². The summed E-state index contributed by atoms with van der Waals surface area (Å²) in [5, 5.41) is 5.34. The van der Waals surface area contributed by atoms with Gasteiger partial charge in [-0.2, -0.15) is 5.10 Å². The average Bonchev–Trinajstić information content (AvgIpc) is 3.48. The minimum Gasteiger partial charge on any atom is -0.491 e. The molecule has 1 aromatic heterocycles. The topological polar surface area (TPSA) is 59.7 Å². The highest BCUT2D eigenvalue weighted by Gasteiger charge is 2.43. The fourth-order valence-corrected chi connectivity index (χ4v) is 5.08. The number of nitrogens with zero attached hydrogens (tertiary/aromatic N) is 4. The number of hydrogen-bond acceptors (Lipinski definition) is 4. The molecule has 2 aliphatic rings. The Balaban J connectivity index is 1.43. The first-order valence-electron chi connectivity index (χ1n) is 11.1. The van der Waals surface area contributed by atoms with E-state index < -0.39 is 12.0 Å². The highest BCUT2D eigenvalue weighted by Crippen LogP contribution is 2.39. The Morgan fingerprint density at radius 2 is 1.94 bits per heavy atom. The summed E-state index contributed by atoms with van der Waals surface area (Å²) in [5.74, 6) is 0.379. The van der Waals surface area contributed by atoms with Crippen molar-refractivity contribution in [3.05, 3.63) is 76.2 Å². The maximum Gasteiger partial charge on any atom is 0.234 e. The number of benzene rings is 2. The van der Waals surface area contributed by atoms with Crippen LogP contribution in [0.2, 0.25) is 10.0 Å². The van der Waals surface area contributed by atoms with Crippen molar-refractivity contribution < 1.29 is 13.9 Å². The van der Waals surface area contributed by atoms with Crippen LogP contribution in [0.15, 0.2) is 59.7 Å². The number of ether oxygens (including phenoxy) is 1. The second-order valence-electron chi connectivity index (χ2n) is 8.58. The summed E-state index contributed by atoms with van der Waals surface area (Å²) in [5.41, 5.74) is 1.56. The van der Waals surface area contributed by atoms with Crippen molar-refractivity contribution in [1.29, 1.82) is 0 Å². The molecule has 9 heteroatoms. The first-order valence-corrected chi connectivity index (χ1v) is 11.9. The second kappa shape index (κ2) is 9.39. The zero-order valence-electron chi connectivity index (χ0n) is 18.5. The van der Waals surface area contributed by atoms with Gasteiger partial charge in [0.05, 0.1) is 28.3 Å². The largest absolute Gasteiger partial charge is 0.491 e. The number of likely N-dealkylation sites (tertiary alicyclic amines) is 1. The van der Waals surface area contributed by atoms with Crippen LogP contribution in [0.4, 0.5) is 10.2 Å². The highest BCUT2D eigenvalue weighted by molar-refractivity contribution is 6.42. The summed E-state index contributed by atoms with van der Waals surface area (Å²) < 4.78 is 20.9. The van der Waals surface area contributed by atoms with Crippen molar-refractivity contribution in [2.45, 2.75) is 31.8 Å². The fourth-order valence-electron chi connectivity index (χ4n) is 4.77. The van der Waals surface area contributed by atoms with Crippen molar-refractivity contribution in [2.24, 2.45) is 10.9 Å². The number of aromatic nitrogens is 2. The van der Waals surface area contributed by atoms with Gasteiger partial charge in [-0.05, 0) is 61.7 Å². The molecule has 3 heterocycles. The molecule has 0 radical (unpaired) electrons. The highest BCUT2D eigenvalue weighted by atomic mass is 35.5. The molecule has 0 saturated carbocycles. The number of carbonyl (C=O) groups excluding carboxylic acids is 1. The first kappa shape index (κ1) is 22.9. The number of carbonyl (C=O) groups is 1. The number of hydrogen-bond donors (Lipinski definition) is 0. The molecule has 3 atom stereocenters. The molecule has 2 aliphatic heterocycles. The smallest absolute Gasteiger partial charge is 0.234 e. The number of aliphatic imine (C=N–C) groups is 1. The van der Waals surface area contributed by atoms with E-state index in [0.29, 0.717) is 34.8 Å². The van der Waals surface area contributed by atoms with E-state index in [9.17, 15) is 9.18 Å². The van der Waals surface area contributed by atoms with E-state index in [-0.39, 0.29) is 17.8 Å². The van der Waals surface area contributed by atoms with Gasteiger partial charge in [0.15, 0.2) is 5.82 Å². The van der Waals surface area contributed by atoms with Crippen molar-refractivity contribution in [3.63, 3.8) is 0 Å². The molecule has 1 saturated heterocycles.